The Morgan fingerprint density at radius 3 is 2.29 bits per heavy atom. The van der Waals surface area contributed by atoms with Gasteiger partial charge in [0.05, 0.1) is 6.61 Å². The predicted molar refractivity (Wildman–Crippen MR) is 62.7 cm³/mol. The maximum atomic E-state index is 5.51. The number of ether oxygens (including phenoxy) is 1. The number of hydrogen-bond acceptors (Lipinski definition) is 1. The monoisotopic (exact) mass is 192 g/mol. The molecule has 0 saturated carbocycles. The van der Waals surface area contributed by atoms with Crippen molar-refractivity contribution in [3.63, 3.8) is 0 Å². The third kappa shape index (κ3) is 6.30. The summed E-state index contributed by atoms with van der Waals surface area (Å²) in [4.78, 5) is 0. The molecule has 0 saturated heterocycles. The molecule has 1 rings (SSSR count). The summed E-state index contributed by atoms with van der Waals surface area (Å²) in [6.07, 6.45) is 3.66. The smallest absolute Gasteiger partial charge is 0.119 e. The zero-order valence-corrected chi connectivity index (χ0v) is 9.04. The van der Waals surface area contributed by atoms with Crippen molar-refractivity contribution in [2.45, 2.75) is 26.2 Å². The van der Waals surface area contributed by atoms with Crippen LogP contribution in [0.5, 0.6) is 5.75 Å². The standard InChI is InChI=1S/C11H16O.C2H4/c1-2-3-7-10-12-11-8-5-4-6-9-11;1-2/h4-6,8-9H,2-3,7,10H2,1H3;1-2H2. The van der Waals surface area contributed by atoms with E-state index >= 15 is 0 Å². The fourth-order valence-corrected chi connectivity index (χ4v) is 1.06. The average Bonchev–Trinajstić information content (AvgIpc) is 2.29. The van der Waals surface area contributed by atoms with Crippen molar-refractivity contribution in [2.24, 2.45) is 0 Å². The van der Waals surface area contributed by atoms with Crippen LogP contribution in [-0.2, 0) is 0 Å². The van der Waals surface area contributed by atoms with Crippen LogP contribution in [0, 0.1) is 0 Å². The Labute approximate surface area is 87.4 Å². The van der Waals surface area contributed by atoms with Crippen molar-refractivity contribution in [3.05, 3.63) is 43.5 Å². The van der Waals surface area contributed by atoms with Gasteiger partial charge in [-0.2, -0.15) is 0 Å². The van der Waals surface area contributed by atoms with Crippen molar-refractivity contribution in [3.8, 4) is 5.75 Å². The van der Waals surface area contributed by atoms with E-state index in [1.165, 1.54) is 12.8 Å². The minimum Gasteiger partial charge on any atom is -0.494 e. The van der Waals surface area contributed by atoms with Crippen LogP contribution in [-0.4, -0.2) is 6.61 Å². The van der Waals surface area contributed by atoms with Gasteiger partial charge >= 0.3 is 0 Å². The minimum atomic E-state index is 0.845. The first kappa shape index (κ1) is 12.8. The van der Waals surface area contributed by atoms with Crippen molar-refractivity contribution >= 4 is 0 Å². The minimum absolute atomic E-state index is 0.845. The summed E-state index contributed by atoms with van der Waals surface area (Å²) in [7, 11) is 0. The lowest BCUT2D eigenvalue weighted by Gasteiger charge is -2.04. The van der Waals surface area contributed by atoms with Crippen LogP contribution in [0.4, 0.5) is 0 Å². The van der Waals surface area contributed by atoms with E-state index in [2.05, 4.69) is 20.1 Å². The highest BCUT2D eigenvalue weighted by Gasteiger charge is 1.89. The van der Waals surface area contributed by atoms with Gasteiger partial charge in [0.15, 0.2) is 0 Å². The van der Waals surface area contributed by atoms with E-state index in [1.807, 2.05) is 30.3 Å². The van der Waals surface area contributed by atoms with Gasteiger partial charge in [0.2, 0.25) is 0 Å². The Bertz CT molecular complexity index is 206. The zero-order valence-electron chi connectivity index (χ0n) is 9.04. The first-order chi connectivity index (χ1) is 6.93. The Balaban J connectivity index is 0.000000791. The summed E-state index contributed by atoms with van der Waals surface area (Å²) in [6, 6.07) is 9.97. The first-order valence-electron chi connectivity index (χ1n) is 5.11. The van der Waals surface area contributed by atoms with Gasteiger partial charge in [-0.05, 0) is 18.6 Å². The van der Waals surface area contributed by atoms with E-state index in [0.29, 0.717) is 0 Å². The molecule has 0 unspecified atom stereocenters. The molecule has 0 atom stereocenters. The normalized spacial score (nSPS) is 8.64. The van der Waals surface area contributed by atoms with Crippen molar-refractivity contribution in [2.75, 3.05) is 6.61 Å². The molecule has 0 bridgehead atoms. The molecule has 0 aromatic heterocycles. The van der Waals surface area contributed by atoms with Gasteiger partial charge < -0.3 is 4.74 Å². The maximum absolute atomic E-state index is 5.51. The molecular weight excluding hydrogens is 172 g/mol. The molecule has 0 aliphatic heterocycles. The summed E-state index contributed by atoms with van der Waals surface area (Å²) in [5.41, 5.74) is 0. The second-order valence-corrected chi connectivity index (χ2v) is 2.87. The zero-order chi connectivity index (χ0) is 10.6. The summed E-state index contributed by atoms with van der Waals surface area (Å²) < 4.78 is 5.51. The molecule has 1 aromatic rings. The molecule has 0 radical (unpaired) electrons. The molecule has 1 aromatic carbocycles. The van der Waals surface area contributed by atoms with Crippen LogP contribution >= 0.6 is 0 Å². The molecule has 78 valence electrons. The number of benzene rings is 1. The molecule has 1 heteroatoms. The lowest BCUT2D eigenvalue weighted by atomic mass is 10.3. The van der Waals surface area contributed by atoms with Crippen LogP contribution in [0.25, 0.3) is 0 Å². The second kappa shape index (κ2) is 9.85. The highest BCUT2D eigenvalue weighted by atomic mass is 16.5. The third-order valence-corrected chi connectivity index (χ3v) is 1.76. The summed E-state index contributed by atoms with van der Waals surface area (Å²) in [5.74, 6) is 0.980. The maximum Gasteiger partial charge on any atom is 0.119 e. The van der Waals surface area contributed by atoms with Crippen LogP contribution in [0.2, 0.25) is 0 Å². The Morgan fingerprint density at radius 2 is 1.71 bits per heavy atom. The lowest BCUT2D eigenvalue weighted by molar-refractivity contribution is 0.306. The highest BCUT2D eigenvalue weighted by molar-refractivity contribution is 5.20. The number of rotatable bonds is 5. The highest BCUT2D eigenvalue weighted by Crippen LogP contribution is 2.08. The van der Waals surface area contributed by atoms with E-state index < -0.39 is 0 Å². The fourth-order valence-electron chi connectivity index (χ4n) is 1.06. The number of unbranched alkanes of at least 4 members (excludes halogenated alkanes) is 2. The van der Waals surface area contributed by atoms with Gasteiger partial charge in [0, 0.05) is 0 Å². The quantitative estimate of drug-likeness (QED) is 0.505. The van der Waals surface area contributed by atoms with Crippen molar-refractivity contribution in [1.82, 2.24) is 0 Å². The fraction of sp³-hybridized carbons (Fsp3) is 0.385. The Hall–Kier alpha value is -1.24. The van der Waals surface area contributed by atoms with Crippen LogP contribution < -0.4 is 4.74 Å². The molecule has 0 N–H and O–H groups in total. The molecule has 0 aliphatic carbocycles. The molecule has 0 aliphatic rings. The van der Waals surface area contributed by atoms with Crippen LogP contribution in [0.15, 0.2) is 43.5 Å². The Morgan fingerprint density at radius 1 is 1.07 bits per heavy atom. The van der Waals surface area contributed by atoms with E-state index in [-0.39, 0.29) is 0 Å². The van der Waals surface area contributed by atoms with Gasteiger partial charge in [-0.15, -0.1) is 13.2 Å². The van der Waals surface area contributed by atoms with E-state index in [9.17, 15) is 0 Å². The van der Waals surface area contributed by atoms with Crippen LogP contribution in [0.3, 0.4) is 0 Å². The first-order valence-corrected chi connectivity index (χ1v) is 5.11. The Kier molecular flexibility index (Phi) is 8.97. The average molecular weight is 192 g/mol. The van der Waals surface area contributed by atoms with Gasteiger partial charge in [0.1, 0.15) is 5.75 Å². The SMILES string of the molecule is C=C.CCCCCOc1ccccc1. The molecule has 0 fully saturated rings. The predicted octanol–water partition coefficient (Wildman–Crippen LogP) is 4.06. The van der Waals surface area contributed by atoms with E-state index in [1.54, 1.807) is 0 Å². The molecule has 14 heavy (non-hydrogen) atoms. The molecule has 1 nitrogen and oxygen atoms in total. The van der Waals surface area contributed by atoms with Gasteiger partial charge in [0.25, 0.3) is 0 Å². The topological polar surface area (TPSA) is 9.23 Å². The van der Waals surface area contributed by atoms with Gasteiger partial charge in [-0.25, -0.2) is 0 Å². The number of para-hydroxylation sites is 1. The van der Waals surface area contributed by atoms with E-state index in [4.69, 9.17) is 4.74 Å². The molecule has 0 heterocycles. The van der Waals surface area contributed by atoms with Gasteiger partial charge in [-0.1, -0.05) is 38.0 Å². The number of hydrogen-bond donors (Lipinski definition) is 0. The van der Waals surface area contributed by atoms with Crippen molar-refractivity contribution < 1.29 is 4.74 Å². The molecule has 0 spiro atoms. The summed E-state index contributed by atoms with van der Waals surface area (Å²) >= 11 is 0. The van der Waals surface area contributed by atoms with Crippen molar-refractivity contribution in [1.29, 1.82) is 0 Å². The summed E-state index contributed by atoms with van der Waals surface area (Å²) in [6.45, 7) is 9.04. The van der Waals surface area contributed by atoms with Crippen LogP contribution in [0.1, 0.15) is 26.2 Å². The van der Waals surface area contributed by atoms with E-state index in [0.717, 1.165) is 18.8 Å². The van der Waals surface area contributed by atoms with Gasteiger partial charge in [-0.3, -0.25) is 0 Å². The third-order valence-electron chi connectivity index (χ3n) is 1.76. The summed E-state index contributed by atoms with van der Waals surface area (Å²) in [5, 5.41) is 0. The lowest BCUT2D eigenvalue weighted by Crippen LogP contribution is -1.96. The molecule has 0 amide bonds. The molecular formula is C13H20O. The second-order valence-electron chi connectivity index (χ2n) is 2.87. The largest absolute Gasteiger partial charge is 0.494 e.